The number of nitrogens with zero attached hydrogens (tertiary/aromatic N) is 2. The van der Waals surface area contributed by atoms with Crippen molar-refractivity contribution in [1.29, 1.82) is 0 Å². The van der Waals surface area contributed by atoms with E-state index < -0.39 is 0 Å². The lowest BCUT2D eigenvalue weighted by atomic mass is 9.97. The van der Waals surface area contributed by atoms with Gasteiger partial charge in [0.15, 0.2) is 0 Å². The van der Waals surface area contributed by atoms with Crippen LogP contribution < -0.4 is 4.90 Å². The molecule has 1 N–H and O–H groups in total. The molecule has 1 aromatic rings. The zero-order valence-corrected chi connectivity index (χ0v) is 12.8. The third-order valence-electron chi connectivity index (χ3n) is 4.56. The van der Waals surface area contributed by atoms with E-state index in [4.69, 9.17) is 11.6 Å². The number of aliphatic hydroxyl groups is 1. The van der Waals surface area contributed by atoms with Crippen LogP contribution in [0.1, 0.15) is 19.3 Å². The Bertz CT molecular complexity index is 506. The van der Waals surface area contributed by atoms with Gasteiger partial charge in [0.05, 0.1) is 6.04 Å². The monoisotopic (exact) mass is 308 g/mol. The fourth-order valence-corrected chi connectivity index (χ4v) is 3.54. The molecule has 2 heterocycles. The van der Waals surface area contributed by atoms with Gasteiger partial charge >= 0.3 is 0 Å². The largest absolute Gasteiger partial charge is 0.396 e. The maximum absolute atomic E-state index is 12.7. The van der Waals surface area contributed by atoms with Gasteiger partial charge in [-0.05, 0) is 56.0 Å². The smallest absolute Gasteiger partial charge is 0.244 e. The summed E-state index contributed by atoms with van der Waals surface area (Å²) in [5.74, 6) is 0.493. The third kappa shape index (κ3) is 3.07. The lowest BCUT2D eigenvalue weighted by Crippen LogP contribution is -2.47. The Morgan fingerprint density at radius 2 is 1.95 bits per heavy atom. The summed E-state index contributed by atoms with van der Waals surface area (Å²) in [7, 11) is 0. The number of aliphatic hydroxyl groups excluding tert-OH is 1. The molecule has 0 aliphatic carbocycles. The molecular weight excluding hydrogens is 288 g/mol. The maximum atomic E-state index is 12.7. The predicted molar refractivity (Wildman–Crippen MR) is 83.6 cm³/mol. The standard InChI is InChI=1S/C16H21ClN2O2/c17-13-3-5-14(6-4-13)19-9-7-15(16(19)21)18-8-1-2-12(10-18)11-20/h3-6,12,15,20H,1-2,7-11H2. The van der Waals surface area contributed by atoms with Crippen LogP contribution in [0.5, 0.6) is 0 Å². The molecule has 2 atom stereocenters. The molecule has 4 nitrogen and oxygen atoms in total. The van der Waals surface area contributed by atoms with Crippen LogP contribution in [0, 0.1) is 5.92 Å². The van der Waals surface area contributed by atoms with Crippen molar-refractivity contribution in [3.05, 3.63) is 29.3 Å². The van der Waals surface area contributed by atoms with Crippen molar-refractivity contribution in [2.45, 2.75) is 25.3 Å². The number of anilines is 1. The summed E-state index contributed by atoms with van der Waals surface area (Å²) in [6.07, 6.45) is 2.99. The highest BCUT2D eigenvalue weighted by Crippen LogP contribution is 2.28. The average Bonchev–Trinajstić information content (AvgIpc) is 2.90. The van der Waals surface area contributed by atoms with E-state index in [2.05, 4.69) is 4.90 Å². The molecule has 21 heavy (non-hydrogen) atoms. The molecule has 2 saturated heterocycles. The van der Waals surface area contributed by atoms with Crippen LogP contribution in [-0.2, 0) is 4.79 Å². The zero-order valence-electron chi connectivity index (χ0n) is 12.0. The van der Waals surface area contributed by atoms with Crippen LogP contribution in [0.15, 0.2) is 24.3 Å². The second kappa shape index (κ2) is 6.34. The summed E-state index contributed by atoms with van der Waals surface area (Å²) in [5, 5.41) is 10.0. The Balaban J connectivity index is 1.70. The summed E-state index contributed by atoms with van der Waals surface area (Å²) in [6.45, 7) is 2.77. The van der Waals surface area contributed by atoms with Crippen molar-refractivity contribution in [1.82, 2.24) is 4.90 Å². The number of piperidine rings is 1. The van der Waals surface area contributed by atoms with Crippen molar-refractivity contribution in [3.8, 4) is 0 Å². The number of amides is 1. The first-order valence-electron chi connectivity index (χ1n) is 7.61. The molecule has 0 radical (unpaired) electrons. The molecule has 2 aliphatic rings. The molecule has 2 fully saturated rings. The first-order valence-corrected chi connectivity index (χ1v) is 7.98. The van der Waals surface area contributed by atoms with E-state index >= 15 is 0 Å². The van der Waals surface area contributed by atoms with Crippen LogP contribution in [0.3, 0.4) is 0 Å². The molecule has 0 saturated carbocycles. The predicted octanol–water partition coefficient (Wildman–Crippen LogP) is 2.15. The first-order chi connectivity index (χ1) is 10.2. The average molecular weight is 309 g/mol. The van der Waals surface area contributed by atoms with E-state index in [9.17, 15) is 9.90 Å². The van der Waals surface area contributed by atoms with Crippen molar-refractivity contribution in [2.75, 3.05) is 31.1 Å². The van der Waals surface area contributed by atoms with E-state index in [1.165, 1.54) is 0 Å². The first kappa shape index (κ1) is 14.8. The van der Waals surface area contributed by atoms with Crippen molar-refractivity contribution >= 4 is 23.2 Å². The number of hydrogen-bond acceptors (Lipinski definition) is 3. The minimum absolute atomic E-state index is 0.0324. The third-order valence-corrected chi connectivity index (χ3v) is 4.82. The summed E-state index contributed by atoms with van der Waals surface area (Å²) in [4.78, 5) is 16.8. The van der Waals surface area contributed by atoms with Crippen LogP contribution in [-0.4, -0.2) is 48.2 Å². The highest BCUT2D eigenvalue weighted by atomic mass is 35.5. The highest BCUT2D eigenvalue weighted by molar-refractivity contribution is 6.30. The number of carbonyl (C=O) groups excluding carboxylic acids is 1. The lowest BCUT2D eigenvalue weighted by molar-refractivity contribution is -0.122. The van der Waals surface area contributed by atoms with Gasteiger partial charge < -0.3 is 10.0 Å². The minimum Gasteiger partial charge on any atom is -0.396 e. The fraction of sp³-hybridized carbons (Fsp3) is 0.562. The summed E-state index contributed by atoms with van der Waals surface area (Å²) < 4.78 is 0. The van der Waals surface area contributed by atoms with Gasteiger partial charge in [-0.3, -0.25) is 9.69 Å². The van der Waals surface area contributed by atoms with Gasteiger partial charge in [0.1, 0.15) is 0 Å². The van der Waals surface area contributed by atoms with Crippen LogP contribution >= 0.6 is 11.6 Å². The normalized spacial score (nSPS) is 27.3. The summed E-state index contributed by atoms with van der Waals surface area (Å²) in [6, 6.07) is 7.40. The second-order valence-electron chi connectivity index (χ2n) is 5.96. The van der Waals surface area contributed by atoms with E-state index in [1.807, 2.05) is 29.2 Å². The van der Waals surface area contributed by atoms with E-state index in [-0.39, 0.29) is 18.6 Å². The van der Waals surface area contributed by atoms with Gasteiger partial charge in [-0.2, -0.15) is 0 Å². The Morgan fingerprint density at radius 1 is 1.19 bits per heavy atom. The molecule has 3 rings (SSSR count). The topological polar surface area (TPSA) is 43.8 Å². The van der Waals surface area contributed by atoms with Crippen LogP contribution in [0.2, 0.25) is 5.02 Å². The SMILES string of the molecule is O=C1C(N2CCCC(CO)C2)CCN1c1ccc(Cl)cc1. The number of benzene rings is 1. The van der Waals surface area contributed by atoms with Gasteiger partial charge in [-0.15, -0.1) is 0 Å². The highest BCUT2D eigenvalue weighted by Gasteiger charge is 2.38. The van der Waals surface area contributed by atoms with Gasteiger partial charge in [0, 0.05) is 30.4 Å². The molecule has 1 aromatic carbocycles. The molecule has 5 heteroatoms. The van der Waals surface area contributed by atoms with Crippen LogP contribution in [0.25, 0.3) is 0 Å². The van der Waals surface area contributed by atoms with Gasteiger partial charge in [-0.1, -0.05) is 11.6 Å². The maximum Gasteiger partial charge on any atom is 0.244 e. The molecule has 114 valence electrons. The van der Waals surface area contributed by atoms with Crippen molar-refractivity contribution in [3.63, 3.8) is 0 Å². The Hall–Kier alpha value is -1.10. The summed E-state index contributed by atoms with van der Waals surface area (Å²) in [5.41, 5.74) is 0.919. The van der Waals surface area contributed by atoms with Crippen LogP contribution in [0.4, 0.5) is 5.69 Å². The number of likely N-dealkylation sites (tertiary alicyclic amines) is 1. The number of carbonyl (C=O) groups is 1. The lowest BCUT2D eigenvalue weighted by Gasteiger charge is -2.35. The number of halogens is 1. The van der Waals surface area contributed by atoms with E-state index in [0.29, 0.717) is 10.9 Å². The van der Waals surface area contributed by atoms with E-state index in [0.717, 1.165) is 44.6 Å². The Kier molecular flexibility index (Phi) is 4.48. The molecule has 0 spiro atoms. The quantitative estimate of drug-likeness (QED) is 0.930. The molecule has 1 amide bonds. The minimum atomic E-state index is -0.0324. The second-order valence-corrected chi connectivity index (χ2v) is 6.39. The molecule has 2 unspecified atom stereocenters. The Labute approximate surface area is 130 Å². The summed E-state index contributed by atoms with van der Waals surface area (Å²) >= 11 is 5.90. The van der Waals surface area contributed by atoms with Crippen molar-refractivity contribution in [2.24, 2.45) is 5.92 Å². The molecule has 0 bridgehead atoms. The molecule has 2 aliphatic heterocycles. The van der Waals surface area contributed by atoms with Crippen molar-refractivity contribution < 1.29 is 9.90 Å². The van der Waals surface area contributed by atoms with Gasteiger partial charge in [0.25, 0.3) is 0 Å². The number of hydrogen-bond donors (Lipinski definition) is 1. The Morgan fingerprint density at radius 3 is 2.67 bits per heavy atom. The number of rotatable bonds is 3. The van der Waals surface area contributed by atoms with E-state index in [1.54, 1.807) is 0 Å². The fourth-order valence-electron chi connectivity index (χ4n) is 3.41. The van der Waals surface area contributed by atoms with Gasteiger partial charge in [0.2, 0.25) is 5.91 Å². The zero-order chi connectivity index (χ0) is 14.8. The molecule has 0 aromatic heterocycles. The van der Waals surface area contributed by atoms with Gasteiger partial charge in [-0.25, -0.2) is 0 Å². The molecular formula is C16H21ClN2O2.